The predicted octanol–water partition coefficient (Wildman–Crippen LogP) is 0.887. The minimum atomic E-state index is -0.640. The van der Waals surface area contributed by atoms with Crippen molar-refractivity contribution in [1.82, 2.24) is 29.7 Å². The molecule has 10 nitrogen and oxygen atoms in total. The van der Waals surface area contributed by atoms with Gasteiger partial charge in [-0.3, -0.25) is 19.7 Å². The first kappa shape index (κ1) is 18.9. The van der Waals surface area contributed by atoms with E-state index in [1.54, 1.807) is 24.8 Å². The molecule has 156 valence electrons. The molecule has 0 aliphatic carbocycles. The first-order valence-electron chi connectivity index (χ1n) is 9.79. The van der Waals surface area contributed by atoms with E-state index in [4.69, 9.17) is 5.73 Å². The van der Waals surface area contributed by atoms with E-state index in [1.807, 2.05) is 23.7 Å². The topological polar surface area (TPSA) is 136 Å². The highest BCUT2D eigenvalue weighted by molar-refractivity contribution is 6.05. The molecule has 3 amide bonds. The van der Waals surface area contributed by atoms with Crippen LogP contribution in [0.1, 0.15) is 28.8 Å². The average molecular weight is 417 g/mol. The number of rotatable bonds is 3. The van der Waals surface area contributed by atoms with Crippen LogP contribution in [0.15, 0.2) is 36.9 Å². The van der Waals surface area contributed by atoms with Crippen molar-refractivity contribution in [2.45, 2.75) is 25.4 Å². The fraction of sp³-hybridized carbons (Fsp3) is 0.238. The lowest BCUT2D eigenvalue weighted by molar-refractivity contribution is -0.136. The standard InChI is InChI=1S/C21H19N7O3/c1-27-10-25-17(18(27)13-7-23-21(22)24-8-13)11-2-3-14-12(6-11)9-28(20(14)31)15-4-5-16(29)26-19(15)30/h2-3,6-8,10,15H,4-5,9H2,1H3,(H2,22,23,24)(H,26,29,30). The smallest absolute Gasteiger partial charge is 0.255 e. The van der Waals surface area contributed by atoms with E-state index in [0.717, 1.165) is 28.1 Å². The summed E-state index contributed by atoms with van der Waals surface area (Å²) < 4.78 is 1.87. The molecule has 1 aromatic carbocycles. The second-order valence-electron chi connectivity index (χ2n) is 7.65. The van der Waals surface area contributed by atoms with Crippen molar-refractivity contribution in [3.63, 3.8) is 0 Å². The van der Waals surface area contributed by atoms with Gasteiger partial charge in [0.2, 0.25) is 17.8 Å². The number of benzene rings is 1. The third kappa shape index (κ3) is 3.12. The molecule has 10 heteroatoms. The number of aryl methyl sites for hydroxylation is 1. The summed E-state index contributed by atoms with van der Waals surface area (Å²) in [5, 5.41) is 2.32. The fourth-order valence-corrected chi connectivity index (χ4v) is 4.16. The number of aromatic nitrogens is 4. The maximum Gasteiger partial charge on any atom is 0.255 e. The molecule has 31 heavy (non-hydrogen) atoms. The zero-order valence-electron chi connectivity index (χ0n) is 16.7. The minimum absolute atomic E-state index is 0.192. The quantitative estimate of drug-likeness (QED) is 0.604. The molecule has 0 saturated carbocycles. The van der Waals surface area contributed by atoms with Gasteiger partial charge >= 0.3 is 0 Å². The van der Waals surface area contributed by atoms with Crippen LogP contribution in [-0.2, 0) is 23.2 Å². The monoisotopic (exact) mass is 417 g/mol. The number of nitrogens with one attached hydrogen (secondary N) is 1. The van der Waals surface area contributed by atoms with E-state index in [1.165, 1.54) is 4.90 Å². The van der Waals surface area contributed by atoms with Crippen LogP contribution in [0.5, 0.6) is 0 Å². The summed E-state index contributed by atoms with van der Waals surface area (Å²) in [7, 11) is 1.88. The van der Waals surface area contributed by atoms with Crippen LogP contribution in [0.3, 0.4) is 0 Å². The van der Waals surface area contributed by atoms with Crippen LogP contribution in [0, 0.1) is 0 Å². The molecule has 2 aliphatic heterocycles. The van der Waals surface area contributed by atoms with Gasteiger partial charge in [0.25, 0.3) is 5.91 Å². The molecule has 1 unspecified atom stereocenters. The normalized spacial score (nSPS) is 18.3. The summed E-state index contributed by atoms with van der Waals surface area (Å²) in [5.74, 6) is -0.740. The van der Waals surface area contributed by atoms with E-state index < -0.39 is 11.9 Å². The van der Waals surface area contributed by atoms with E-state index in [0.29, 0.717) is 18.5 Å². The van der Waals surface area contributed by atoms with Crippen molar-refractivity contribution in [1.29, 1.82) is 0 Å². The van der Waals surface area contributed by atoms with Gasteiger partial charge < -0.3 is 15.2 Å². The van der Waals surface area contributed by atoms with Crippen LogP contribution in [-0.4, -0.2) is 48.2 Å². The Morgan fingerprint density at radius 3 is 2.61 bits per heavy atom. The summed E-state index contributed by atoms with van der Waals surface area (Å²) in [6.45, 7) is 0.307. The van der Waals surface area contributed by atoms with Crippen LogP contribution in [0.25, 0.3) is 22.5 Å². The van der Waals surface area contributed by atoms with Crippen molar-refractivity contribution < 1.29 is 14.4 Å². The highest BCUT2D eigenvalue weighted by atomic mass is 16.2. The van der Waals surface area contributed by atoms with Crippen molar-refractivity contribution in [3.8, 4) is 22.5 Å². The Balaban J connectivity index is 1.49. The number of amides is 3. The maximum absolute atomic E-state index is 12.9. The molecule has 1 fully saturated rings. The molecule has 4 heterocycles. The van der Waals surface area contributed by atoms with Gasteiger partial charge in [0, 0.05) is 49.1 Å². The number of piperidine rings is 1. The number of nitrogens with zero attached hydrogens (tertiary/aromatic N) is 5. The summed E-state index contributed by atoms with van der Waals surface area (Å²) in [6, 6.07) is 4.88. The van der Waals surface area contributed by atoms with E-state index in [9.17, 15) is 14.4 Å². The Labute approximate surface area is 177 Å². The number of carbonyl (C=O) groups is 3. The van der Waals surface area contributed by atoms with E-state index in [2.05, 4.69) is 20.3 Å². The number of imide groups is 1. The Bertz CT molecular complexity index is 1230. The molecule has 1 atom stereocenters. The van der Waals surface area contributed by atoms with Crippen molar-refractivity contribution in [3.05, 3.63) is 48.0 Å². The van der Waals surface area contributed by atoms with Gasteiger partial charge in [-0.05, 0) is 24.1 Å². The van der Waals surface area contributed by atoms with Crippen molar-refractivity contribution >= 4 is 23.7 Å². The number of hydrogen-bond acceptors (Lipinski definition) is 7. The maximum atomic E-state index is 12.9. The number of hydrogen-bond donors (Lipinski definition) is 2. The molecule has 0 bridgehead atoms. The zero-order valence-corrected chi connectivity index (χ0v) is 16.7. The second kappa shape index (κ2) is 7.01. The lowest BCUT2D eigenvalue weighted by Gasteiger charge is -2.29. The van der Waals surface area contributed by atoms with Gasteiger partial charge in [0.05, 0.1) is 17.7 Å². The average Bonchev–Trinajstić information content (AvgIpc) is 3.28. The minimum Gasteiger partial charge on any atom is -0.368 e. The van der Waals surface area contributed by atoms with Gasteiger partial charge in [-0.25, -0.2) is 15.0 Å². The molecule has 2 aliphatic rings. The van der Waals surface area contributed by atoms with Crippen LogP contribution in [0.2, 0.25) is 0 Å². The molecule has 1 saturated heterocycles. The van der Waals surface area contributed by atoms with Crippen LogP contribution in [0.4, 0.5) is 5.95 Å². The number of anilines is 1. The number of fused-ring (bicyclic) bond motifs is 1. The molecule has 3 aromatic rings. The van der Waals surface area contributed by atoms with Gasteiger partial charge in [0.1, 0.15) is 6.04 Å². The third-order valence-electron chi connectivity index (χ3n) is 5.68. The largest absolute Gasteiger partial charge is 0.368 e. The molecule has 0 radical (unpaired) electrons. The third-order valence-corrected chi connectivity index (χ3v) is 5.68. The highest BCUT2D eigenvalue weighted by Gasteiger charge is 2.39. The first-order chi connectivity index (χ1) is 14.9. The predicted molar refractivity (Wildman–Crippen MR) is 110 cm³/mol. The Morgan fingerprint density at radius 2 is 1.87 bits per heavy atom. The van der Waals surface area contributed by atoms with Crippen molar-refractivity contribution in [2.75, 3.05) is 5.73 Å². The number of nitrogens with two attached hydrogens (primary N) is 1. The molecule has 0 spiro atoms. The number of carbonyl (C=O) groups excluding carboxylic acids is 3. The number of imidazole rings is 1. The van der Waals surface area contributed by atoms with E-state index >= 15 is 0 Å². The SMILES string of the molecule is Cn1cnc(-c2ccc3c(c2)CN(C2CCC(=O)NC2=O)C3=O)c1-c1cnc(N)nc1. The Kier molecular flexibility index (Phi) is 4.28. The second-order valence-corrected chi connectivity index (χ2v) is 7.65. The van der Waals surface area contributed by atoms with Gasteiger partial charge in [0.15, 0.2) is 0 Å². The lowest BCUT2D eigenvalue weighted by atomic mass is 10.0. The summed E-state index contributed by atoms with van der Waals surface area (Å²) in [4.78, 5) is 50.8. The summed E-state index contributed by atoms with van der Waals surface area (Å²) >= 11 is 0. The zero-order chi connectivity index (χ0) is 21.7. The molecule has 5 rings (SSSR count). The molecule has 2 aromatic heterocycles. The Hall–Kier alpha value is -4.08. The van der Waals surface area contributed by atoms with Gasteiger partial charge in [-0.15, -0.1) is 0 Å². The molecule has 3 N–H and O–H groups in total. The first-order valence-corrected chi connectivity index (χ1v) is 9.79. The van der Waals surface area contributed by atoms with Gasteiger partial charge in [-0.1, -0.05) is 6.07 Å². The van der Waals surface area contributed by atoms with Gasteiger partial charge in [-0.2, -0.15) is 0 Å². The molecular weight excluding hydrogens is 398 g/mol. The highest BCUT2D eigenvalue weighted by Crippen LogP contribution is 2.34. The van der Waals surface area contributed by atoms with Crippen LogP contribution < -0.4 is 11.1 Å². The summed E-state index contributed by atoms with van der Waals surface area (Å²) in [5.41, 5.74) is 10.1. The lowest BCUT2D eigenvalue weighted by Crippen LogP contribution is -2.52. The van der Waals surface area contributed by atoms with Crippen molar-refractivity contribution in [2.24, 2.45) is 7.05 Å². The summed E-state index contributed by atoms with van der Waals surface area (Å²) in [6.07, 6.45) is 5.55. The number of nitrogen functional groups attached to an aromatic ring is 1. The molecular formula is C21H19N7O3. The van der Waals surface area contributed by atoms with Crippen LogP contribution >= 0.6 is 0 Å². The van der Waals surface area contributed by atoms with E-state index in [-0.39, 0.29) is 24.2 Å². The Morgan fingerprint density at radius 1 is 1.10 bits per heavy atom. The fourth-order valence-electron chi connectivity index (χ4n) is 4.16.